The standard InChI is InChI=1S/C51H76N10O14/c1-26(2)21-35(47(70)60-43(29(7)62)49(72)59-38(51(74)75)22-27(3)4)57-46(69)37(24-31-12-16-33(64)17-13-31)55-41(66)25-54-44(67)36(23-30-10-14-32(63)15-11-30)58-45(68)34(18-19-40(52)65)56-48(71)39-9-8-20-61(39)50(73)42(53)28(5)6/h10-17,26-29,34-39,42-43,62-64H,8-9,18-25,53H2,1-7H3,(H2,52,65)(H,54,67)(H,55,66)(H,56,71)(H,57,69)(H,58,68)(H,59,72)(H,60,70)(H,74,75)/t29-,34+,35+,36+,37+,38+,39+,42+,43+/m1/s1. The minimum Gasteiger partial charge on any atom is -0.508 e. The highest BCUT2D eigenvalue weighted by Gasteiger charge is 2.39. The van der Waals surface area contributed by atoms with Crippen LogP contribution in [0, 0.1) is 17.8 Å². The second-order valence-electron chi connectivity index (χ2n) is 20.1. The highest BCUT2D eigenvalue weighted by molar-refractivity contribution is 5.98. The number of aliphatic hydroxyl groups excluding tert-OH is 1. The van der Waals surface area contributed by atoms with Crippen LogP contribution in [0.5, 0.6) is 11.5 Å². The van der Waals surface area contributed by atoms with Gasteiger partial charge in [0.1, 0.15) is 53.8 Å². The monoisotopic (exact) mass is 1050 g/mol. The molecule has 2 aromatic rings. The van der Waals surface area contributed by atoms with Crippen LogP contribution < -0.4 is 48.7 Å². The molecule has 414 valence electrons. The molecule has 3 rings (SSSR count). The third kappa shape index (κ3) is 20.5. The van der Waals surface area contributed by atoms with Gasteiger partial charge in [0, 0.05) is 25.8 Å². The molecule has 1 aliphatic heterocycles. The lowest BCUT2D eigenvalue weighted by molar-refractivity contribution is -0.143. The van der Waals surface area contributed by atoms with Crippen molar-refractivity contribution < 1.29 is 68.4 Å². The number of phenols is 2. The zero-order valence-corrected chi connectivity index (χ0v) is 43.6. The number of nitrogens with two attached hydrogens (primary N) is 2. The molecule has 0 bridgehead atoms. The minimum absolute atomic E-state index is 0.000330. The number of nitrogens with one attached hydrogen (secondary N) is 7. The molecule has 0 saturated carbocycles. The number of aliphatic carboxylic acids is 1. The van der Waals surface area contributed by atoms with Crippen LogP contribution in [0.15, 0.2) is 48.5 Å². The van der Waals surface area contributed by atoms with Crippen LogP contribution in [0.1, 0.15) is 98.1 Å². The van der Waals surface area contributed by atoms with Gasteiger partial charge in [-0.2, -0.15) is 0 Å². The van der Waals surface area contributed by atoms with Crippen LogP contribution in [0.4, 0.5) is 0 Å². The predicted molar refractivity (Wildman–Crippen MR) is 272 cm³/mol. The molecular weight excluding hydrogens is 977 g/mol. The number of primary amides is 1. The summed E-state index contributed by atoms with van der Waals surface area (Å²) in [7, 11) is 0. The highest BCUT2D eigenvalue weighted by Crippen LogP contribution is 2.21. The van der Waals surface area contributed by atoms with Crippen LogP contribution in [-0.4, -0.2) is 152 Å². The van der Waals surface area contributed by atoms with Crippen molar-refractivity contribution in [3.05, 3.63) is 59.7 Å². The number of hydrogen-bond donors (Lipinski definition) is 13. The highest BCUT2D eigenvalue weighted by atomic mass is 16.4. The third-order valence-corrected chi connectivity index (χ3v) is 12.3. The number of carbonyl (C=O) groups excluding carboxylic acids is 9. The van der Waals surface area contributed by atoms with Gasteiger partial charge in [-0.05, 0) is 92.2 Å². The second kappa shape index (κ2) is 29.5. The number of carboxylic acids is 1. The van der Waals surface area contributed by atoms with Crippen molar-refractivity contribution >= 4 is 59.1 Å². The third-order valence-electron chi connectivity index (χ3n) is 12.3. The summed E-state index contributed by atoms with van der Waals surface area (Å²) >= 11 is 0. The predicted octanol–water partition coefficient (Wildman–Crippen LogP) is -1.29. The number of carbonyl (C=O) groups is 10. The molecule has 75 heavy (non-hydrogen) atoms. The van der Waals surface area contributed by atoms with E-state index >= 15 is 0 Å². The van der Waals surface area contributed by atoms with Gasteiger partial charge in [-0.3, -0.25) is 43.2 Å². The van der Waals surface area contributed by atoms with Gasteiger partial charge in [-0.15, -0.1) is 0 Å². The van der Waals surface area contributed by atoms with Crippen molar-refractivity contribution in [1.82, 2.24) is 42.1 Å². The van der Waals surface area contributed by atoms with Gasteiger partial charge in [0.05, 0.1) is 18.7 Å². The second-order valence-corrected chi connectivity index (χ2v) is 20.1. The smallest absolute Gasteiger partial charge is 0.326 e. The largest absolute Gasteiger partial charge is 0.508 e. The summed E-state index contributed by atoms with van der Waals surface area (Å²) in [6.45, 7) is 11.2. The summed E-state index contributed by atoms with van der Waals surface area (Å²) in [6, 6.07) is 0.798. The minimum atomic E-state index is -1.63. The molecule has 1 heterocycles. The number of hydrogen-bond acceptors (Lipinski definition) is 14. The number of aromatic hydroxyl groups is 2. The Balaban J connectivity index is 1.87. The molecule has 24 heteroatoms. The van der Waals surface area contributed by atoms with E-state index in [0.29, 0.717) is 17.5 Å². The average molecular weight is 1050 g/mol. The van der Waals surface area contributed by atoms with Gasteiger partial charge >= 0.3 is 5.97 Å². The fourth-order valence-electron chi connectivity index (χ4n) is 8.15. The Morgan fingerprint density at radius 3 is 1.60 bits per heavy atom. The van der Waals surface area contributed by atoms with E-state index in [1.807, 2.05) is 0 Å². The summed E-state index contributed by atoms with van der Waals surface area (Å²) in [5.41, 5.74) is 12.4. The Morgan fingerprint density at radius 2 is 1.11 bits per heavy atom. The average Bonchev–Trinajstić information content (AvgIpc) is 3.83. The number of likely N-dealkylation sites (tertiary alicyclic amines) is 1. The number of benzene rings is 2. The number of amides is 9. The van der Waals surface area contributed by atoms with Crippen molar-refractivity contribution in [3.8, 4) is 11.5 Å². The van der Waals surface area contributed by atoms with E-state index < -0.39 is 120 Å². The lowest BCUT2D eigenvalue weighted by Crippen LogP contribution is -2.60. The molecule has 2 aromatic carbocycles. The van der Waals surface area contributed by atoms with Crippen molar-refractivity contribution in [2.45, 2.75) is 154 Å². The van der Waals surface area contributed by atoms with Crippen LogP contribution in [0.3, 0.4) is 0 Å². The number of carboxylic acid groups (broad SMARTS) is 1. The van der Waals surface area contributed by atoms with Gasteiger partial charge in [0.2, 0.25) is 53.2 Å². The normalized spacial score (nSPS) is 16.5. The van der Waals surface area contributed by atoms with E-state index in [0.717, 1.165) is 0 Å². The molecule has 9 atom stereocenters. The first-order valence-corrected chi connectivity index (χ1v) is 25.1. The fraction of sp³-hybridized carbons (Fsp3) is 0.569. The quantitative estimate of drug-likeness (QED) is 0.0451. The summed E-state index contributed by atoms with van der Waals surface area (Å²) in [5.74, 6) is -9.54. The van der Waals surface area contributed by atoms with Crippen molar-refractivity contribution in [1.29, 1.82) is 0 Å². The maximum atomic E-state index is 14.2. The van der Waals surface area contributed by atoms with E-state index in [4.69, 9.17) is 11.5 Å². The lowest BCUT2D eigenvalue weighted by Gasteiger charge is -2.29. The summed E-state index contributed by atoms with van der Waals surface area (Å²) in [4.78, 5) is 135. The molecule has 0 radical (unpaired) electrons. The first kappa shape index (κ1) is 62.0. The van der Waals surface area contributed by atoms with E-state index in [1.54, 1.807) is 41.5 Å². The molecule has 9 amide bonds. The topological polar surface area (TPSA) is 391 Å². The Hall–Kier alpha value is -7.34. The zero-order valence-electron chi connectivity index (χ0n) is 43.6. The molecule has 1 saturated heterocycles. The van der Waals surface area contributed by atoms with E-state index in [-0.39, 0.29) is 80.7 Å². The van der Waals surface area contributed by atoms with Crippen LogP contribution in [-0.2, 0) is 60.8 Å². The van der Waals surface area contributed by atoms with Crippen molar-refractivity contribution in [2.24, 2.45) is 29.2 Å². The van der Waals surface area contributed by atoms with Gasteiger partial charge in [0.15, 0.2) is 0 Å². The van der Waals surface area contributed by atoms with Gasteiger partial charge in [0.25, 0.3) is 0 Å². The van der Waals surface area contributed by atoms with Gasteiger partial charge in [-0.25, -0.2) is 4.79 Å². The Kier molecular flexibility index (Phi) is 24.4. The number of rotatable bonds is 29. The Bertz CT molecular complexity index is 2310. The van der Waals surface area contributed by atoms with E-state index in [9.17, 15) is 68.4 Å². The summed E-state index contributed by atoms with van der Waals surface area (Å²) in [6.07, 6.45) is -1.76. The molecule has 24 nitrogen and oxygen atoms in total. The molecule has 0 aromatic heterocycles. The first-order valence-electron chi connectivity index (χ1n) is 25.1. The molecular formula is C51H76N10O14. The van der Waals surface area contributed by atoms with Crippen LogP contribution >= 0.6 is 0 Å². The van der Waals surface area contributed by atoms with Crippen molar-refractivity contribution in [3.63, 3.8) is 0 Å². The fourth-order valence-corrected chi connectivity index (χ4v) is 8.15. The number of nitrogens with zero attached hydrogens (tertiary/aromatic N) is 1. The van der Waals surface area contributed by atoms with E-state index in [1.165, 1.54) is 60.4 Å². The molecule has 15 N–H and O–H groups in total. The molecule has 0 aliphatic carbocycles. The van der Waals surface area contributed by atoms with Crippen LogP contribution in [0.25, 0.3) is 0 Å². The van der Waals surface area contributed by atoms with E-state index in [2.05, 4.69) is 37.2 Å². The first-order chi connectivity index (χ1) is 35.2. The SMILES string of the molecule is CC(C)C[C@H](NC(=O)[C@@H](NC(=O)[C@H](CC(C)C)NC(=O)[C@H](Cc1ccc(O)cc1)NC(=O)CNC(=O)[C@H](Cc1ccc(O)cc1)NC(=O)[C@H](CCC(N)=O)NC(=O)[C@@H]1CCCN1C(=O)[C@@H](N)C(C)C)[C@@H](C)O)C(=O)O. The summed E-state index contributed by atoms with van der Waals surface area (Å²) in [5, 5.41) is 57.6. The number of aliphatic hydroxyl groups is 1. The van der Waals surface area contributed by atoms with Crippen LogP contribution in [0.2, 0.25) is 0 Å². The Morgan fingerprint density at radius 1 is 0.627 bits per heavy atom. The number of phenolic OH excluding ortho intramolecular Hbond substituents is 2. The zero-order chi connectivity index (χ0) is 56.3. The van der Waals surface area contributed by atoms with Gasteiger partial charge < -0.3 is 74.0 Å². The maximum Gasteiger partial charge on any atom is 0.326 e. The van der Waals surface area contributed by atoms with Crippen molar-refractivity contribution in [2.75, 3.05) is 13.1 Å². The molecule has 0 unspecified atom stereocenters. The maximum absolute atomic E-state index is 14.2. The molecule has 1 fully saturated rings. The lowest BCUT2D eigenvalue weighted by atomic mass is 10.00. The Labute approximate surface area is 436 Å². The molecule has 1 aliphatic rings. The van der Waals surface area contributed by atoms with Gasteiger partial charge in [-0.1, -0.05) is 65.8 Å². The summed E-state index contributed by atoms with van der Waals surface area (Å²) < 4.78 is 0. The molecule has 0 spiro atoms.